The minimum atomic E-state index is -1.02. The Morgan fingerprint density at radius 1 is 0.906 bits per heavy atom. The van der Waals surface area contributed by atoms with Gasteiger partial charge in [0.25, 0.3) is 11.8 Å². The molecule has 0 aromatic heterocycles. The zero-order valence-corrected chi connectivity index (χ0v) is 16.5. The molecule has 1 aliphatic heterocycles. The number of halogens is 2. The molecule has 0 radical (unpaired) electrons. The van der Waals surface area contributed by atoms with E-state index in [-0.39, 0.29) is 23.7 Å². The lowest BCUT2D eigenvalue weighted by Crippen LogP contribution is -2.54. The molecule has 0 atom stereocenters. The zero-order chi connectivity index (χ0) is 22.7. The van der Waals surface area contributed by atoms with Crippen LogP contribution in [0.15, 0.2) is 78.4 Å². The van der Waals surface area contributed by atoms with E-state index in [1.54, 1.807) is 36.4 Å². The van der Waals surface area contributed by atoms with Crippen LogP contribution < -0.4 is 15.0 Å². The maximum absolute atomic E-state index is 14.1. The maximum Gasteiger partial charge on any atom is 0.336 e. The molecule has 1 N–H and O–H groups in total. The second-order valence-corrected chi connectivity index (χ2v) is 6.90. The van der Waals surface area contributed by atoms with Crippen LogP contribution in [-0.2, 0) is 16.2 Å². The Labute approximate surface area is 181 Å². The predicted octanol–water partition coefficient (Wildman–Crippen LogP) is 4.21. The van der Waals surface area contributed by atoms with E-state index >= 15 is 0 Å². The molecule has 0 aliphatic carbocycles. The monoisotopic (exact) mass is 434 g/mol. The van der Waals surface area contributed by atoms with Crippen LogP contribution in [0.2, 0.25) is 0 Å². The Morgan fingerprint density at radius 3 is 2.38 bits per heavy atom. The summed E-state index contributed by atoms with van der Waals surface area (Å²) < 4.78 is 33.0. The first-order valence-electron chi connectivity index (χ1n) is 9.55. The van der Waals surface area contributed by atoms with Gasteiger partial charge in [-0.1, -0.05) is 36.4 Å². The Bertz CT molecular complexity index is 1240. The van der Waals surface area contributed by atoms with Crippen molar-refractivity contribution in [1.29, 1.82) is 0 Å². The molecule has 0 spiro atoms. The van der Waals surface area contributed by atoms with Gasteiger partial charge in [0.2, 0.25) is 0 Å². The number of hydrogen-bond donors (Lipinski definition) is 1. The van der Waals surface area contributed by atoms with Crippen LogP contribution in [-0.4, -0.2) is 17.8 Å². The van der Waals surface area contributed by atoms with Crippen molar-refractivity contribution < 1.29 is 27.9 Å². The molecule has 4 amide bonds. The number of barbiturate groups is 1. The lowest BCUT2D eigenvalue weighted by molar-refractivity contribution is -0.122. The van der Waals surface area contributed by atoms with Gasteiger partial charge in [-0.15, -0.1) is 0 Å². The molecule has 32 heavy (non-hydrogen) atoms. The Balaban J connectivity index is 1.53. The van der Waals surface area contributed by atoms with Crippen LogP contribution in [0, 0.1) is 11.6 Å². The summed E-state index contributed by atoms with van der Waals surface area (Å²) in [5.74, 6) is -2.44. The summed E-state index contributed by atoms with van der Waals surface area (Å²) in [6.45, 7) is 0.165. The molecule has 3 aromatic carbocycles. The lowest BCUT2D eigenvalue weighted by Gasteiger charge is -2.26. The van der Waals surface area contributed by atoms with Gasteiger partial charge >= 0.3 is 6.03 Å². The van der Waals surface area contributed by atoms with Crippen molar-refractivity contribution in [3.63, 3.8) is 0 Å². The number of carbonyl (C=O) groups is 3. The largest absolute Gasteiger partial charge is 0.489 e. The van der Waals surface area contributed by atoms with Crippen LogP contribution in [0.4, 0.5) is 19.3 Å². The molecule has 0 saturated carbocycles. The number of ether oxygens (including phenoxy) is 1. The van der Waals surface area contributed by atoms with Crippen LogP contribution in [0.25, 0.3) is 6.08 Å². The molecule has 1 heterocycles. The number of amides is 4. The van der Waals surface area contributed by atoms with Gasteiger partial charge in [0.1, 0.15) is 29.6 Å². The Kier molecular flexibility index (Phi) is 5.76. The minimum Gasteiger partial charge on any atom is -0.489 e. The van der Waals surface area contributed by atoms with E-state index in [2.05, 4.69) is 0 Å². The van der Waals surface area contributed by atoms with Crippen molar-refractivity contribution in [2.75, 3.05) is 4.90 Å². The van der Waals surface area contributed by atoms with Gasteiger partial charge in [-0.05, 0) is 53.6 Å². The number of nitrogens with zero attached hydrogens (tertiary/aromatic N) is 1. The number of para-hydroxylation sites is 1. The number of benzene rings is 3. The van der Waals surface area contributed by atoms with E-state index in [4.69, 9.17) is 4.74 Å². The molecule has 6 nitrogen and oxygen atoms in total. The van der Waals surface area contributed by atoms with Gasteiger partial charge in [0.05, 0.1) is 5.69 Å². The second-order valence-electron chi connectivity index (χ2n) is 6.90. The summed E-state index contributed by atoms with van der Waals surface area (Å²) in [4.78, 5) is 37.8. The first-order chi connectivity index (χ1) is 15.4. The molecular formula is C24H16F2N2O4. The van der Waals surface area contributed by atoms with Crippen molar-refractivity contribution in [2.24, 2.45) is 0 Å². The maximum atomic E-state index is 14.1. The molecule has 160 valence electrons. The van der Waals surface area contributed by atoms with Crippen molar-refractivity contribution in [3.05, 3.63) is 101 Å². The highest BCUT2D eigenvalue weighted by Crippen LogP contribution is 2.25. The fourth-order valence-corrected chi connectivity index (χ4v) is 3.13. The normalized spacial score (nSPS) is 15.1. The first kappa shape index (κ1) is 20.9. The van der Waals surface area contributed by atoms with Crippen molar-refractivity contribution in [1.82, 2.24) is 5.32 Å². The number of carbonyl (C=O) groups excluding carboxylic acids is 3. The molecular weight excluding hydrogens is 418 g/mol. The molecule has 0 unspecified atom stereocenters. The third-order valence-corrected chi connectivity index (χ3v) is 4.68. The summed E-state index contributed by atoms with van der Waals surface area (Å²) >= 11 is 0. The van der Waals surface area contributed by atoms with E-state index in [1.165, 1.54) is 36.4 Å². The van der Waals surface area contributed by atoms with Gasteiger partial charge in [-0.25, -0.2) is 18.5 Å². The number of anilines is 1. The van der Waals surface area contributed by atoms with Crippen LogP contribution >= 0.6 is 0 Å². The smallest absolute Gasteiger partial charge is 0.336 e. The Morgan fingerprint density at radius 2 is 1.66 bits per heavy atom. The van der Waals surface area contributed by atoms with Crippen molar-refractivity contribution in [3.8, 4) is 5.75 Å². The fraction of sp³-hybridized carbons (Fsp3) is 0.0417. The average molecular weight is 434 g/mol. The number of imide groups is 2. The standard InChI is InChI=1S/C24H16F2N2O4/c25-17-5-3-4-16(12-17)14-32-18-10-8-15(9-11-18)13-19-22(29)27-24(31)28(23(19)30)21-7-2-1-6-20(21)26/h1-13H,14H2,(H,27,29,31)/b19-13-. The highest BCUT2D eigenvalue weighted by atomic mass is 19.1. The van der Waals surface area contributed by atoms with E-state index in [1.807, 2.05) is 5.32 Å². The van der Waals surface area contributed by atoms with Crippen LogP contribution in [0.3, 0.4) is 0 Å². The number of hydrogen-bond acceptors (Lipinski definition) is 4. The first-order valence-corrected chi connectivity index (χ1v) is 9.55. The average Bonchev–Trinajstić information content (AvgIpc) is 2.77. The predicted molar refractivity (Wildman–Crippen MR) is 113 cm³/mol. The summed E-state index contributed by atoms with van der Waals surface area (Å²) in [5, 5.41) is 2.05. The third-order valence-electron chi connectivity index (χ3n) is 4.68. The molecule has 1 saturated heterocycles. The quantitative estimate of drug-likeness (QED) is 0.482. The zero-order valence-electron chi connectivity index (χ0n) is 16.5. The van der Waals surface area contributed by atoms with E-state index in [9.17, 15) is 23.2 Å². The summed E-state index contributed by atoms with van der Waals surface area (Å²) in [5.41, 5.74) is 0.582. The summed E-state index contributed by atoms with van der Waals surface area (Å²) in [6, 6.07) is 16.7. The van der Waals surface area contributed by atoms with Gasteiger partial charge in [0, 0.05) is 0 Å². The van der Waals surface area contributed by atoms with E-state index in [0.717, 1.165) is 6.07 Å². The van der Waals surface area contributed by atoms with E-state index < -0.39 is 23.7 Å². The molecule has 3 aromatic rings. The molecule has 0 bridgehead atoms. The molecule has 4 rings (SSSR count). The van der Waals surface area contributed by atoms with Crippen molar-refractivity contribution >= 4 is 29.6 Å². The highest BCUT2D eigenvalue weighted by molar-refractivity contribution is 6.39. The highest BCUT2D eigenvalue weighted by Gasteiger charge is 2.37. The number of rotatable bonds is 5. The van der Waals surface area contributed by atoms with Gasteiger partial charge < -0.3 is 4.74 Å². The van der Waals surface area contributed by atoms with Gasteiger partial charge in [-0.3, -0.25) is 14.9 Å². The van der Waals surface area contributed by atoms with Crippen LogP contribution in [0.5, 0.6) is 5.75 Å². The Hall–Kier alpha value is -4.33. The molecule has 1 aliphatic rings. The molecule has 1 fully saturated rings. The second kappa shape index (κ2) is 8.81. The SMILES string of the molecule is O=C1NC(=O)N(c2ccccc2F)C(=O)/C1=C\c1ccc(OCc2cccc(F)c2)cc1. The fourth-order valence-electron chi connectivity index (χ4n) is 3.13. The van der Waals surface area contributed by atoms with Gasteiger partial charge in [0.15, 0.2) is 0 Å². The molecule has 8 heteroatoms. The number of nitrogens with one attached hydrogen (secondary N) is 1. The summed E-state index contributed by atoms with van der Waals surface area (Å²) in [7, 11) is 0. The van der Waals surface area contributed by atoms with E-state index in [0.29, 0.717) is 21.8 Å². The summed E-state index contributed by atoms with van der Waals surface area (Å²) in [6.07, 6.45) is 1.30. The lowest BCUT2D eigenvalue weighted by atomic mass is 10.1. The van der Waals surface area contributed by atoms with Crippen molar-refractivity contribution in [2.45, 2.75) is 6.61 Å². The van der Waals surface area contributed by atoms with Gasteiger partial charge in [-0.2, -0.15) is 0 Å². The number of urea groups is 1. The topological polar surface area (TPSA) is 75.7 Å². The third kappa shape index (κ3) is 4.39. The minimum absolute atomic E-state index is 0.165. The van der Waals surface area contributed by atoms with Crippen LogP contribution in [0.1, 0.15) is 11.1 Å².